The number of aliphatic hydroxyl groups is 1. The van der Waals surface area contributed by atoms with E-state index >= 15 is 0 Å². The fourth-order valence-corrected chi connectivity index (χ4v) is 2.67. The van der Waals surface area contributed by atoms with Crippen LogP contribution in [0.4, 0.5) is 0 Å². The maximum absolute atomic E-state index is 12.1. The summed E-state index contributed by atoms with van der Waals surface area (Å²) in [5.41, 5.74) is -0.153. The highest BCUT2D eigenvalue weighted by atomic mass is 16.5. The fourth-order valence-electron chi connectivity index (χ4n) is 2.67. The summed E-state index contributed by atoms with van der Waals surface area (Å²) in [4.78, 5) is 13.9. The number of piperazine rings is 1. The molecule has 1 amide bonds. The zero-order chi connectivity index (χ0) is 12.5. The molecule has 2 aliphatic heterocycles. The van der Waals surface area contributed by atoms with Crippen LogP contribution < -0.4 is 5.32 Å². The second kappa shape index (κ2) is 4.92. The third-order valence-corrected chi connectivity index (χ3v) is 3.39. The normalized spacial score (nSPS) is 33.1. The van der Waals surface area contributed by atoms with Crippen molar-refractivity contribution in [3.63, 3.8) is 0 Å². The van der Waals surface area contributed by atoms with Crippen molar-refractivity contribution >= 4 is 5.91 Å². The van der Waals surface area contributed by atoms with Crippen LogP contribution in [-0.2, 0) is 9.53 Å². The third kappa shape index (κ3) is 2.97. The van der Waals surface area contributed by atoms with Crippen molar-refractivity contribution in [3.05, 3.63) is 0 Å². The number of rotatable bonds is 3. The number of ether oxygens (including phenoxy) is 1. The molecule has 5 nitrogen and oxygen atoms in total. The first kappa shape index (κ1) is 12.8. The topological polar surface area (TPSA) is 61.8 Å². The van der Waals surface area contributed by atoms with Crippen LogP contribution >= 0.6 is 0 Å². The Morgan fingerprint density at radius 1 is 1.59 bits per heavy atom. The zero-order valence-electron chi connectivity index (χ0n) is 10.6. The van der Waals surface area contributed by atoms with Crippen LogP contribution in [0.1, 0.15) is 26.7 Å². The van der Waals surface area contributed by atoms with Crippen LogP contribution in [0.15, 0.2) is 0 Å². The van der Waals surface area contributed by atoms with Gasteiger partial charge >= 0.3 is 0 Å². The van der Waals surface area contributed by atoms with Crippen LogP contribution in [0.3, 0.4) is 0 Å². The highest BCUT2D eigenvalue weighted by molar-refractivity contribution is 5.83. The second-order valence-corrected chi connectivity index (χ2v) is 5.62. The van der Waals surface area contributed by atoms with Crippen molar-refractivity contribution in [1.29, 1.82) is 0 Å². The van der Waals surface area contributed by atoms with Crippen LogP contribution in [-0.4, -0.2) is 59.9 Å². The Morgan fingerprint density at radius 3 is 2.94 bits per heavy atom. The molecule has 5 heteroatoms. The average Bonchev–Trinajstić information content (AvgIpc) is 2.75. The molecule has 2 N–H and O–H groups in total. The minimum atomic E-state index is -0.472. The standard InChI is InChI=1S/C12H22N2O3/c1-12(2)8-14(6-9-4-3-5-17-9)11(16)10(7-15)13-12/h9-10,13,15H,3-8H2,1-2H3. The van der Waals surface area contributed by atoms with Gasteiger partial charge in [0.1, 0.15) is 6.04 Å². The fraction of sp³-hybridized carbons (Fsp3) is 0.917. The van der Waals surface area contributed by atoms with Crippen molar-refractivity contribution < 1.29 is 14.6 Å². The molecule has 0 saturated carbocycles. The first-order chi connectivity index (χ1) is 8.02. The van der Waals surface area contributed by atoms with Gasteiger partial charge in [0.05, 0.1) is 12.7 Å². The first-order valence-electron chi connectivity index (χ1n) is 6.31. The largest absolute Gasteiger partial charge is 0.394 e. The Morgan fingerprint density at radius 2 is 2.35 bits per heavy atom. The molecule has 0 aromatic carbocycles. The molecule has 0 aliphatic carbocycles. The van der Waals surface area contributed by atoms with Gasteiger partial charge < -0.3 is 14.7 Å². The minimum Gasteiger partial charge on any atom is -0.394 e. The Bertz CT molecular complexity index is 287. The lowest BCUT2D eigenvalue weighted by atomic mass is 9.97. The highest BCUT2D eigenvalue weighted by Crippen LogP contribution is 2.19. The number of hydrogen-bond acceptors (Lipinski definition) is 4. The summed E-state index contributed by atoms with van der Waals surface area (Å²) in [6.45, 7) is 6.07. The van der Waals surface area contributed by atoms with E-state index in [1.54, 1.807) is 0 Å². The molecular weight excluding hydrogens is 220 g/mol. The summed E-state index contributed by atoms with van der Waals surface area (Å²) >= 11 is 0. The third-order valence-electron chi connectivity index (χ3n) is 3.39. The van der Waals surface area contributed by atoms with E-state index in [0.717, 1.165) is 19.4 Å². The Hall–Kier alpha value is -0.650. The van der Waals surface area contributed by atoms with Crippen molar-refractivity contribution in [1.82, 2.24) is 10.2 Å². The number of nitrogens with one attached hydrogen (secondary N) is 1. The molecule has 0 bridgehead atoms. The smallest absolute Gasteiger partial charge is 0.242 e. The molecule has 2 rings (SSSR count). The quantitative estimate of drug-likeness (QED) is 0.715. The molecule has 0 spiro atoms. The zero-order valence-corrected chi connectivity index (χ0v) is 10.6. The summed E-state index contributed by atoms with van der Waals surface area (Å²) in [7, 11) is 0. The van der Waals surface area contributed by atoms with Gasteiger partial charge in [0.25, 0.3) is 0 Å². The van der Waals surface area contributed by atoms with Crippen molar-refractivity contribution in [3.8, 4) is 0 Å². The van der Waals surface area contributed by atoms with Gasteiger partial charge in [-0.2, -0.15) is 0 Å². The molecule has 2 fully saturated rings. The van der Waals surface area contributed by atoms with E-state index in [1.165, 1.54) is 0 Å². The Kier molecular flexibility index (Phi) is 3.70. The summed E-state index contributed by atoms with van der Waals surface area (Å²) in [5, 5.41) is 12.4. The summed E-state index contributed by atoms with van der Waals surface area (Å²) in [6, 6.07) is -0.472. The number of hydrogen-bond donors (Lipinski definition) is 2. The highest BCUT2D eigenvalue weighted by Gasteiger charge is 2.38. The lowest BCUT2D eigenvalue weighted by molar-refractivity contribution is -0.141. The van der Waals surface area contributed by atoms with Gasteiger partial charge in [0.15, 0.2) is 0 Å². The van der Waals surface area contributed by atoms with Crippen molar-refractivity contribution in [2.45, 2.75) is 44.4 Å². The van der Waals surface area contributed by atoms with E-state index in [1.807, 2.05) is 18.7 Å². The Labute approximate surface area is 102 Å². The predicted molar refractivity (Wildman–Crippen MR) is 63.6 cm³/mol. The molecule has 2 unspecified atom stereocenters. The van der Waals surface area contributed by atoms with Crippen molar-refractivity contribution in [2.24, 2.45) is 0 Å². The van der Waals surface area contributed by atoms with Gasteiger partial charge in [-0.3, -0.25) is 10.1 Å². The molecule has 2 atom stereocenters. The maximum atomic E-state index is 12.1. The van der Waals surface area contributed by atoms with Gasteiger partial charge in [-0.05, 0) is 26.7 Å². The molecule has 0 aromatic rings. The molecule has 0 aromatic heterocycles. The average molecular weight is 242 g/mol. The summed E-state index contributed by atoms with van der Waals surface area (Å²) in [5.74, 6) is -0.0117. The van der Waals surface area contributed by atoms with E-state index in [4.69, 9.17) is 4.74 Å². The monoisotopic (exact) mass is 242 g/mol. The summed E-state index contributed by atoms with van der Waals surface area (Å²) in [6.07, 6.45) is 2.28. The van der Waals surface area contributed by atoms with Crippen molar-refractivity contribution in [2.75, 3.05) is 26.3 Å². The van der Waals surface area contributed by atoms with E-state index < -0.39 is 6.04 Å². The lowest BCUT2D eigenvalue weighted by Crippen LogP contribution is -2.66. The molecule has 17 heavy (non-hydrogen) atoms. The molecule has 2 saturated heterocycles. The number of carbonyl (C=O) groups is 1. The van der Waals surface area contributed by atoms with Gasteiger partial charge in [-0.15, -0.1) is 0 Å². The maximum Gasteiger partial charge on any atom is 0.242 e. The van der Waals surface area contributed by atoms with E-state index in [2.05, 4.69) is 5.32 Å². The predicted octanol–water partition coefficient (Wildman–Crippen LogP) is -0.263. The summed E-state index contributed by atoms with van der Waals surface area (Å²) < 4.78 is 5.56. The number of amides is 1. The van der Waals surface area contributed by atoms with E-state index in [-0.39, 0.29) is 24.2 Å². The molecular formula is C12H22N2O3. The van der Waals surface area contributed by atoms with Crippen LogP contribution in [0.2, 0.25) is 0 Å². The number of nitrogens with zero attached hydrogens (tertiary/aromatic N) is 1. The van der Waals surface area contributed by atoms with Crippen LogP contribution in [0, 0.1) is 0 Å². The van der Waals surface area contributed by atoms with E-state index in [9.17, 15) is 9.90 Å². The second-order valence-electron chi connectivity index (χ2n) is 5.62. The molecule has 2 aliphatic rings. The van der Waals surface area contributed by atoms with Crippen LogP contribution in [0.5, 0.6) is 0 Å². The number of aliphatic hydroxyl groups excluding tert-OH is 1. The Balaban J connectivity index is 2.00. The molecule has 0 radical (unpaired) electrons. The van der Waals surface area contributed by atoms with Gasteiger partial charge in [-0.25, -0.2) is 0 Å². The molecule has 2 heterocycles. The minimum absolute atomic E-state index is 0.0117. The number of carbonyl (C=O) groups excluding carboxylic acids is 1. The van der Waals surface area contributed by atoms with Gasteiger partial charge in [-0.1, -0.05) is 0 Å². The SMILES string of the molecule is CC1(C)CN(CC2CCCO2)C(=O)C(CO)N1. The van der Waals surface area contributed by atoms with Gasteiger partial charge in [0, 0.05) is 25.2 Å². The lowest BCUT2D eigenvalue weighted by Gasteiger charge is -2.43. The first-order valence-corrected chi connectivity index (χ1v) is 6.31. The van der Waals surface area contributed by atoms with Crippen LogP contribution in [0.25, 0.3) is 0 Å². The van der Waals surface area contributed by atoms with E-state index in [0.29, 0.717) is 13.1 Å². The van der Waals surface area contributed by atoms with Gasteiger partial charge in [0.2, 0.25) is 5.91 Å². The molecule has 98 valence electrons.